The molecular weight excluding hydrogens is 336 g/mol. The maximum absolute atomic E-state index is 13.2. The lowest BCUT2D eigenvalue weighted by molar-refractivity contribution is -0.140. The van der Waals surface area contributed by atoms with E-state index in [0.717, 1.165) is 17.7 Å². The number of rotatable bonds is 3. The van der Waals surface area contributed by atoms with Gasteiger partial charge in [-0.2, -0.15) is 13.2 Å². The second-order valence-corrected chi connectivity index (χ2v) is 5.50. The average Bonchev–Trinajstić information content (AvgIpc) is 2.39. The topological polar surface area (TPSA) is 0 Å². The molecule has 0 aromatic heterocycles. The molecule has 0 N–H and O–H groups in total. The smallest absolute Gasteiger partial charge is 0.206 e. The lowest BCUT2D eigenvalue weighted by atomic mass is 10.0. The summed E-state index contributed by atoms with van der Waals surface area (Å²) in [7, 11) is 0. The van der Waals surface area contributed by atoms with E-state index in [9.17, 15) is 17.6 Å². The van der Waals surface area contributed by atoms with Crippen molar-refractivity contribution in [3.8, 4) is 0 Å². The predicted molar refractivity (Wildman–Crippen MR) is 73.2 cm³/mol. The SMILES string of the molecule is Fc1ccc(C(Br)Cc2ccccc2)cc1C(F)(F)F. The van der Waals surface area contributed by atoms with Crippen molar-refractivity contribution in [3.63, 3.8) is 0 Å². The third-order valence-electron chi connectivity index (χ3n) is 2.92. The molecule has 0 bridgehead atoms. The second kappa shape index (κ2) is 5.95. The molecular formula is C15H11BrF4. The van der Waals surface area contributed by atoms with Crippen molar-refractivity contribution in [2.75, 3.05) is 0 Å². The first-order chi connectivity index (χ1) is 9.38. The van der Waals surface area contributed by atoms with Gasteiger partial charge in [0.05, 0.1) is 5.56 Å². The third kappa shape index (κ3) is 3.60. The zero-order valence-corrected chi connectivity index (χ0v) is 11.9. The minimum absolute atomic E-state index is 0.299. The van der Waals surface area contributed by atoms with Crippen molar-refractivity contribution < 1.29 is 17.6 Å². The summed E-state index contributed by atoms with van der Waals surface area (Å²) in [5.41, 5.74) is 0.169. The molecule has 2 aromatic carbocycles. The molecule has 2 rings (SSSR count). The summed E-state index contributed by atoms with van der Waals surface area (Å²) in [6.45, 7) is 0. The van der Waals surface area contributed by atoms with E-state index >= 15 is 0 Å². The summed E-state index contributed by atoms with van der Waals surface area (Å²) in [5, 5.41) is 0. The largest absolute Gasteiger partial charge is 0.419 e. The fraction of sp³-hybridized carbons (Fsp3) is 0.200. The molecule has 0 fully saturated rings. The van der Waals surface area contributed by atoms with E-state index < -0.39 is 17.6 Å². The third-order valence-corrected chi connectivity index (χ3v) is 3.77. The van der Waals surface area contributed by atoms with Crippen LogP contribution in [0.15, 0.2) is 48.5 Å². The Kier molecular flexibility index (Phi) is 4.48. The van der Waals surface area contributed by atoms with Crippen molar-refractivity contribution in [3.05, 3.63) is 71.0 Å². The molecule has 0 saturated heterocycles. The molecule has 2 aromatic rings. The quantitative estimate of drug-likeness (QED) is 0.506. The second-order valence-electron chi connectivity index (χ2n) is 4.39. The molecule has 0 spiro atoms. The van der Waals surface area contributed by atoms with Crippen LogP contribution in [0.1, 0.15) is 21.5 Å². The fourth-order valence-electron chi connectivity index (χ4n) is 1.89. The highest BCUT2D eigenvalue weighted by molar-refractivity contribution is 9.09. The zero-order valence-electron chi connectivity index (χ0n) is 10.3. The minimum atomic E-state index is -4.68. The van der Waals surface area contributed by atoms with E-state index in [1.54, 1.807) is 0 Å². The number of hydrogen-bond acceptors (Lipinski definition) is 0. The molecule has 106 valence electrons. The summed E-state index contributed by atoms with van der Waals surface area (Å²) in [5.74, 6) is -1.25. The summed E-state index contributed by atoms with van der Waals surface area (Å²) >= 11 is 3.36. The molecule has 0 aliphatic heterocycles. The Morgan fingerprint density at radius 2 is 1.65 bits per heavy atom. The average molecular weight is 347 g/mol. The van der Waals surface area contributed by atoms with Gasteiger partial charge < -0.3 is 0 Å². The molecule has 0 aliphatic carbocycles. The van der Waals surface area contributed by atoms with Gasteiger partial charge in [-0.25, -0.2) is 4.39 Å². The maximum Gasteiger partial charge on any atom is 0.419 e. The molecule has 5 heteroatoms. The first-order valence-corrected chi connectivity index (χ1v) is 6.84. The predicted octanol–water partition coefficient (Wildman–Crippen LogP) is 5.52. The zero-order chi connectivity index (χ0) is 14.8. The highest BCUT2D eigenvalue weighted by Crippen LogP contribution is 2.35. The van der Waals surface area contributed by atoms with Crippen molar-refractivity contribution in [1.82, 2.24) is 0 Å². The Morgan fingerprint density at radius 3 is 2.25 bits per heavy atom. The summed E-state index contributed by atoms with van der Waals surface area (Å²) in [6.07, 6.45) is -4.15. The van der Waals surface area contributed by atoms with Crippen molar-refractivity contribution >= 4 is 15.9 Å². The van der Waals surface area contributed by atoms with Gasteiger partial charge in [-0.15, -0.1) is 0 Å². The molecule has 20 heavy (non-hydrogen) atoms. The number of alkyl halides is 4. The van der Waals surface area contributed by atoms with Crippen molar-refractivity contribution in [1.29, 1.82) is 0 Å². The Bertz CT molecular complexity index is 578. The molecule has 0 heterocycles. The number of halogens is 5. The van der Waals surface area contributed by atoms with Gasteiger partial charge in [-0.3, -0.25) is 0 Å². The standard InChI is InChI=1S/C15H11BrF4/c16-13(8-10-4-2-1-3-5-10)11-6-7-14(17)12(9-11)15(18,19)20/h1-7,9,13H,8H2. The number of benzene rings is 2. The van der Waals surface area contributed by atoms with E-state index in [-0.39, 0.29) is 4.83 Å². The van der Waals surface area contributed by atoms with E-state index in [1.807, 2.05) is 30.3 Å². The van der Waals surface area contributed by atoms with Crippen LogP contribution in [0.3, 0.4) is 0 Å². The number of hydrogen-bond donors (Lipinski definition) is 0. The van der Waals surface area contributed by atoms with E-state index in [2.05, 4.69) is 15.9 Å². The Hall–Kier alpha value is -1.36. The van der Waals surface area contributed by atoms with Gasteiger partial charge >= 0.3 is 6.18 Å². The van der Waals surface area contributed by atoms with Crippen molar-refractivity contribution in [2.45, 2.75) is 17.4 Å². The lowest BCUT2D eigenvalue weighted by Crippen LogP contribution is -2.09. The van der Waals surface area contributed by atoms with Gasteiger partial charge in [-0.05, 0) is 29.7 Å². The van der Waals surface area contributed by atoms with Gasteiger partial charge in [0.1, 0.15) is 5.82 Å². The maximum atomic E-state index is 13.2. The van der Waals surface area contributed by atoms with Crippen LogP contribution >= 0.6 is 15.9 Å². The van der Waals surface area contributed by atoms with Gasteiger partial charge in [0.2, 0.25) is 0 Å². The van der Waals surface area contributed by atoms with Crippen LogP contribution in [0, 0.1) is 5.82 Å². The van der Waals surface area contributed by atoms with Gasteiger partial charge in [0.25, 0.3) is 0 Å². The van der Waals surface area contributed by atoms with Crippen LogP contribution in [-0.2, 0) is 12.6 Å². The lowest BCUT2D eigenvalue weighted by Gasteiger charge is -2.14. The minimum Gasteiger partial charge on any atom is -0.206 e. The summed E-state index contributed by atoms with van der Waals surface area (Å²) in [6, 6.07) is 12.5. The molecule has 0 amide bonds. The highest BCUT2D eigenvalue weighted by atomic mass is 79.9. The highest BCUT2D eigenvalue weighted by Gasteiger charge is 2.34. The van der Waals surface area contributed by atoms with Gasteiger partial charge in [0, 0.05) is 4.83 Å². The Morgan fingerprint density at radius 1 is 1.00 bits per heavy atom. The summed E-state index contributed by atoms with van der Waals surface area (Å²) in [4.78, 5) is -0.299. The van der Waals surface area contributed by atoms with Crippen LogP contribution in [0.25, 0.3) is 0 Å². The van der Waals surface area contributed by atoms with Crippen LogP contribution < -0.4 is 0 Å². The first kappa shape index (κ1) is 15.0. The van der Waals surface area contributed by atoms with E-state index in [1.165, 1.54) is 6.07 Å². The first-order valence-electron chi connectivity index (χ1n) is 5.92. The van der Waals surface area contributed by atoms with Crippen LogP contribution in [0.4, 0.5) is 17.6 Å². The van der Waals surface area contributed by atoms with E-state index in [4.69, 9.17) is 0 Å². The molecule has 0 radical (unpaired) electrons. The fourth-order valence-corrected chi connectivity index (χ4v) is 2.55. The van der Waals surface area contributed by atoms with E-state index in [0.29, 0.717) is 12.0 Å². The normalized spacial score (nSPS) is 13.2. The van der Waals surface area contributed by atoms with Crippen LogP contribution in [-0.4, -0.2) is 0 Å². The van der Waals surface area contributed by atoms with Crippen LogP contribution in [0.2, 0.25) is 0 Å². The van der Waals surface area contributed by atoms with Crippen LogP contribution in [0.5, 0.6) is 0 Å². The summed E-state index contributed by atoms with van der Waals surface area (Å²) < 4.78 is 51.2. The molecule has 0 aliphatic rings. The molecule has 1 atom stereocenters. The molecule has 1 unspecified atom stereocenters. The van der Waals surface area contributed by atoms with Gasteiger partial charge in [-0.1, -0.05) is 52.3 Å². The van der Waals surface area contributed by atoms with Crippen molar-refractivity contribution in [2.24, 2.45) is 0 Å². The molecule has 0 saturated carbocycles. The monoisotopic (exact) mass is 346 g/mol. The molecule has 0 nitrogen and oxygen atoms in total. The van der Waals surface area contributed by atoms with Gasteiger partial charge in [0.15, 0.2) is 0 Å². The Balaban J connectivity index is 2.25. The Labute approximate surface area is 122 Å².